The van der Waals surface area contributed by atoms with Crippen molar-refractivity contribution >= 4 is 50.9 Å². The van der Waals surface area contributed by atoms with Crippen molar-refractivity contribution in [3.8, 4) is 0 Å². The zero-order chi connectivity index (χ0) is 18.8. The predicted octanol–water partition coefficient (Wildman–Crippen LogP) is 3.75. The molecule has 1 atom stereocenters. The summed E-state index contributed by atoms with van der Waals surface area (Å²) < 4.78 is 1.08. The van der Waals surface area contributed by atoms with Crippen LogP contribution >= 0.6 is 27.7 Å². The third kappa shape index (κ3) is 4.30. The van der Waals surface area contributed by atoms with E-state index in [0.717, 1.165) is 34.6 Å². The van der Waals surface area contributed by atoms with Crippen LogP contribution in [0.5, 0.6) is 0 Å². The van der Waals surface area contributed by atoms with Crippen molar-refractivity contribution < 1.29 is 9.59 Å². The minimum absolute atomic E-state index is 0.0244. The summed E-state index contributed by atoms with van der Waals surface area (Å²) in [6, 6.07) is 13.8. The summed E-state index contributed by atoms with van der Waals surface area (Å²) in [5, 5.41) is 5.88. The van der Waals surface area contributed by atoms with E-state index in [2.05, 4.69) is 43.6 Å². The van der Waals surface area contributed by atoms with Crippen LogP contribution in [0.15, 0.2) is 51.8 Å². The molecule has 0 radical (unpaired) electrons. The summed E-state index contributed by atoms with van der Waals surface area (Å²) in [6.07, 6.45) is 1.06. The number of nitrogens with one attached hydrogen (secondary N) is 2. The first kappa shape index (κ1) is 18.4. The third-order valence-electron chi connectivity index (χ3n) is 4.89. The van der Waals surface area contributed by atoms with Gasteiger partial charge >= 0.3 is 0 Å². The maximum Gasteiger partial charge on any atom is 0.251 e. The summed E-state index contributed by atoms with van der Waals surface area (Å²) in [5.74, 6) is 0.738. The van der Waals surface area contributed by atoms with Gasteiger partial charge in [0.2, 0.25) is 5.91 Å². The third-order valence-corrected chi connectivity index (χ3v) is 6.45. The van der Waals surface area contributed by atoms with Crippen LogP contribution in [0.1, 0.15) is 16.8 Å². The molecule has 0 aromatic heterocycles. The molecule has 1 saturated heterocycles. The summed E-state index contributed by atoms with van der Waals surface area (Å²) in [7, 11) is 0. The molecule has 2 aliphatic heterocycles. The number of carbonyl (C=O) groups excluding carboxylic acids is 2. The number of thioether (sulfide) groups is 1. The molecule has 140 valence electrons. The highest BCUT2D eigenvalue weighted by Crippen LogP contribution is 2.32. The van der Waals surface area contributed by atoms with Crippen LogP contribution < -0.4 is 15.5 Å². The molecule has 0 saturated carbocycles. The van der Waals surface area contributed by atoms with Gasteiger partial charge < -0.3 is 15.5 Å². The molecule has 1 fully saturated rings. The number of carbonyl (C=O) groups is 2. The number of nitrogens with zero attached hydrogens (tertiary/aromatic N) is 1. The molecule has 0 spiro atoms. The number of rotatable bonds is 4. The van der Waals surface area contributed by atoms with E-state index in [1.54, 1.807) is 6.07 Å². The quantitative estimate of drug-likeness (QED) is 0.751. The average molecular weight is 446 g/mol. The molecule has 2 amide bonds. The minimum atomic E-state index is -0.0940. The lowest BCUT2D eigenvalue weighted by Gasteiger charge is -2.19. The highest BCUT2D eigenvalue weighted by atomic mass is 79.9. The van der Waals surface area contributed by atoms with Crippen molar-refractivity contribution in [2.45, 2.75) is 11.3 Å². The van der Waals surface area contributed by atoms with E-state index < -0.39 is 0 Å². The molecule has 2 N–H and O–H groups in total. The lowest BCUT2D eigenvalue weighted by atomic mass is 10.1. The molecule has 0 bridgehead atoms. The Kier molecular flexibility index (Phi) is 5.41. The Morgan fingerprint density at radius 2 is 2.19 bits per heavy atom. The van der Waals surface area contributed by atoms with Gasteiger partial charge in [-0.25, -0.2) is 0 Å². The van der Waals surface area contributed by atoms with E-state index in [1.165, 1.54) is 17.4 Å². The van der Waals surface area contributed by atoms with E-state index in [0.29, 0.717) is 23.8 Å². The fraction of sp³-hybridized carbons (Fsp3) is 0.300. The molecular formula is C20H20BrN3O2S. The molecule has 2 aromatic rings. The number of hydrogen-bond donors (Lipinski definition) is 2. The number of fused-ring (bicyclic) bond motifs is 1. The van der Waals surface area contributed by atoms with Gasteiger partial charge in [0.1, 0.15) is 0 Å². The standard InChI is InChI=1S/C20H20BrN3O2S/c21-15-2-1-3-16(9-15)24-7-6-13(11-24)10-22-20(26)14-4-5-18-17(8-14)23-19(25)12-27-18/h1-5,8-9,13H,6-7,10-12H2,(H,22,26)(H,23,25). The number of hydrogen-bond acceptors (Lipinski definition) is 4. The molecular weight excluding hydrogens is 426 g/mol. The maximum atomic E-state index is 12.5. The van der Waals surface area contributed by atoms with Gasteiger partial charge in [0.05, 0.1) is 11.4 Å². The maximum absolute atomic E-state index is 12.5. The van der Waals surface area contributed by atoms with E-state index in [9.17, 15) is 9.59 Å². The van der Waals surface area contributed by atoms with Crippen LogP contribution in [0.3, 0.4) is 0 Å². The Labute approximate surface area is 171 Å². The Bertz CT molecular complexity index is 889. The first-order valence-corrected chi connectivity index (χ1v) is 10.7. The van der Waals surface area contributed by atoms with Crippen molar-refractivity contribution in [1.29, 1.82) is 0 Å². The molecule has 1 unspecified atom stereocenters. The zero-order valence-corrected chi connectivity index (χ0v) is 17.1. The molecule has 2 aliphatic rings. The van der Waals surface area contributed by atoms with Crippen LogP contribution in [0.25, 0.3) is 0 Å². The fourth-order valence-electron chi connectivity index (χ4n) is 3.47. The van der Waals surface area contributed by atoms with Crippen molar-refractivity contribution in [3.05, 3.63) is 52.5 Å². The van der Waals surface area contributed by atoms with Gasteiger partial charge in [0, 0.05) is 40.3 Å². The van der Waals surface area contributed by atoms with E-state index in [4.69, 9.17) is 0 Å². The Morgan fingerprint density at radius 3 is 3.04 bits per heavy atom. The van der Waals surface area contributed by atoms with Crippen molar-refractivity contribution in [3.63, 3.8) is 0 Å². The molecule has 7 heteroatoms. The number of halogens is 1. The molecule has 0 aliphatic carbocycles. The Balaban J connectivity index is 1.33. The van der Waals surface area contributed by atoms with Gasteiger partial charge in [0.15, 0.2) is 0 Å². The molecule has 5 nitrogen and oxygen atoms in total. The van der Waals surface area contributed by atoms with Gasteiger partial charge in [-0.1, -0.05) is 22.0 Å². The summed E-state index contributed by atoms with van der Waals surface area (Å²) in [4.78, 5) is 27.4. The normalized spacial score (nSPS) is 18.8. The van der Waals surface area contributed by atoms with Crippen LogP contribution in [-0.4, -0.2) is 37.2 Å². The van der Waals surface area contributed by atoms with Gasteiger partial charge in [-0.15, -0.1) is 11.8 Å². The molecule has 4 rings (SSSR count). The number of benzene rings is 2. The van der Waals surface area contributed by atoms with Gasteiger partial charge in [0.25, 0.3) is 5.91 Å². The fourth-order valence-corrected chi connectivity index (χ4v) is 4.65. The van der Waals surface area contributed by atoms with E-state index in [-0.39, 0.29) is 11.8 Å². The highest BCUT2D eigenvalue weighted by molar-refractivity contribution is 9.10. The average Bonchev–Trinajstić information content (AvgIpc) is 3.14. The van der Waals surface area contributed by atoms with Crippen molar-refractivity contribution in [2.24, 2.45) is 5.92 Å². The SMILES string of the molecule is O=C1CSc2ccc(C(=O)NCC3CCN(c4cccc(Br)c4)C3)cc2N1. The summed E-state index contributed by atoms with van der Waals surface area (Å²) in [5.41, 5.74) is 2.52. The van der Waals surface area contributed by atoms with E-state index >= 15 is 0 Å². The van der Waals surface area contributed by atoms with Crippen LogP contribution in [0.2, 0.25) is 0 Å². The second-order valence-electron chi connectivity index (χ2n) is 6.84. The Morgan fingerprint density at radius 1 is 1.30 bits per heavy atom. The first-order chi connectivity index (χ1) is 13.1. The van der Waals surface area contributed by atoms with Crippen LogP contribution in [0.4, 0.5) is 11.4 Å². The van der Waals surface area contributed by atoms with Crippen LogP contribution in [0, 0.1) is 5.92 Å². The lowest BCUT2D eigenvalue weighted by Crippen LogP contribution is -2.31. The largest absolute Gasteiger partial charge is 0.371 e. The van der Waals surface area contributed by atoms with Gasteiger partial charge in [-0.2, -0.15) is 0 Å². The summed E-state index contributed by atoms with van der Waals surface area (Å²) in [6.45, 7) is 2.59. The van der Waals surface area contributed by atoms with Crippen molar-refractivity contribution in [2.75, 3.05) is 35.6 Å². The molecule has 27 heavy (non-hydrogen) atoms. The van der Waals surface area contributed by atoms with Gasteiger partial charge in [-0.05, 0) is 48.7 Å². The zero-order valence-electron chi connectivity index (χ0n) is 14.7. The lowest BCUT2D eigenvalue weighted by molar-refractivity contribution is -0.113. The monoisotopic (exact) mass is 445 g/mol. The highest BCUT2D eigenvalue weighted by Gasteiger charge is 2.24. The number of amides is 2. The van der Waals surface area contributed by atoms with Crippen molar-refractivity contribution in [1.82, 2.24) is 5.32 Å². The predicted molar refractivity (Wildman–Crippen MR) is 113 cm³/mol. The van der Waals surface area contributed by atoms with E-state index in [1.807, 2.05) is 24.3 Å². The topological polar surface area (TPSA) is 61.4 Å². The van der Waals surface area contributed by atoms with Gasteiger partial charge in [-0.3, -0.25) is 9.59 Å². The second-order valence-corrected chi connectivity index (χ2v) is 8.77. The van der Waals surface area contributed by atoms with Crippen LogP contribution in [-0.2, 0) is 4.79 Å². The number of anilines is 2. The Hall–Kier alpha value is -1.99. The first-order valence-electron chi connectivity index (χ1n) is 8.94. The minimum Gasteiger partial charge on any atom is -0.371 e. The molecule has 2 aromatic carbocycles. The summed E-state index contributed by atoms with van der Waals surface area (Å²) >= 11 is 5.02. The smallest absolute Gasteiger partial charge is 0.251 e. The second kappa shape index (κ2) is 7.94. The molecule has 2 heterocycles.